The Morgan fingerprint density at radius 2 is 2.00 bits per heavy atom. The molecule has 18 heavy (non-hydrogen) atoms. The van der Waals surface area contributed by atoms with E-state index in [1.807, 2.05) is 18.7 Å². The minimum atomic E-state index is -4.33. The summed E-state index contributed by atoms with van der Waals surface area (Å²) in [6.45, 7) is 4.85. The summed E-state index contributed by atoms with van der Waals surface area (Å²) in [6.07, 6.45) is -5.04. The lowest BCUT2D eigenvalue weighted by atomic mass is 9.94. The minimum absolute atomic E-state index is 0.197. The molecule has 1 heterocycles. The minimum Gasteiger partial charge on any atom is -0.387 e. The zero-order valence-corrected chi connectivity index (χ0v) is 10.3. The molecule has 0 amide bonds. The largest absolute Gasteiger partial charge is 0.416 e. The van der Waals surface area contributed by atoms with E-state index in [1.54, 1.807) is 0 Å². The molecule has 0 saturated carbocycles. The third kappa shape index (κ3) is 2.52. The molecular weight excluding hydrogens is 243 g/mol. The second-order valence-electron chi connectivity index (χ2n) is 4.95. The van der Waals surface area contributed by atoms with Crippen LogP contribution < -0.4 is 0 Å². The van der Waals surface area contributed by atoms with Crippen molar-refractivity contribution in [3.63, 3.8) is 0 Å². The Bertz CT molecular complexity index is 442. The molecule has 0 spiro atoms. The first-order chi connectivity index (χ1) is 8.29. The zero-order chi connectivity index (χ0) is 13.5. The number of rotatable bonds is 1. The lowest BCUT2D eigenvalue weighted by molar-refractivity contribution is -0.137. The SMILES string of the molecule is CC(C)N1Cc2cc(C(F)(F)F)ccc2[C@H](O)C1. The van der Waals surface area contributed by atoms with Crippen LogP contribution in [0.2, 0.25) is 0 Å². The molecule has 2 nitrogen and oxygen atoms in total. The number of nitrogens with zero attached hydrogens (tertiary/aromatic N) is 1. The number of hydrogen-bond acceptors (Lipinski definition) is 2. The molecular formula is C13H16F3NO. The van der Waals surface area contributed by atoms with E-state index >= 15 is 0 Å². The Morgan fingerprint density at radius 3 is 2.56 bits per heavy atom. The molecule has 1 aliphatic rings. The van der Waals surface area contributed by atoms with Crippen molar-refractivity contribution in [1.29, 1.82) is 0 Å². The number of benzene rings is 1. The Labute approximate surface area is 104 Å². The van der Waals surface area contributed by atoms with Crippen molar-refractivity contribution in [3.05, 3.63) is 34.9 Å². The van der Waals surface area contributed by atoms with Crippen LogP contribution in [0.5, 0.6) is 0 Å². The number of alkyl halides is 3. The van der Waals surface area contributed by atoms with Gasteiger partial charge in [-0.1, -0.05) is 6.07 Å². The summed E-state index contributed by atoms with van der Waals surface area (Å²) >= 11 is 0. The predicted octanol–water partition coefficient (Wildman–Crippen LogP) is 2.96. The van der Waals surface area contributed by atoms with Gasteiger partial charge in [-0.2, -0.15) is 13.2 Å². The first-order valence-corrected chi connectivity index (χ1v) is 5.91. The number of aliphatic hydroxyl groups is 1. The van der Waals surface area contributed by atoms with Crippen LogP contribution in [0.15, 0.2) is 18.2 Å². The molecule has 0 unspecified atom stereocenters. The molecule has 0 aromatic heterocycles. The molecule has 2 rings (SSSR count). The standard InChI is InChI=1S/C13H16F3NO/c1-8(2)17-6-9-5-10(13(14,15)16)3-4-11(9)12(18)7-17/h3-5,8,12,18H,6-7H2,1-2H3/t12-/m1/s1. The Kier molecular flexibility index (Phi) is 3.38. The number of fused-ring (bicyclic) bond motifs is 1. The Hall–Kier alpha value is -1.07. The fourth-order valence-electron chi connectivity index (χ4n) is 2.24. The van der Waals surface area contributed by atoms with Crippen LogP contribution in [-0.4, -0.2) is 22.6 Å². The van der Waals surface area contributed by atoms with Crippen molar-refractivity contribution in [2.75, 3.05) is 6.54 Å². The van der Waals surface area contributed by atoms with Gasteiger partial charge in [0.25, 0.3) is 0 Å². The van der Waals surface area contributed by atoms with E-state index in [-0.39, 0.29) is 6.04 Å². The van der Waals surface area contributed by atoms with Gasteiger partial charge in [-0.15, -0.1) is 0 Å². The quantitative estimate of drug-likeness (QED) is 0.838. The molecule has 0 fully saturated rings. The van der Waals surface area contributed by atoms with Crippen LogP contribution in [0, 0.1) is 0 Å². The van der Waals surface area contributed by atoms with Gasteiger partial charge in [0.05, 0.1) is 11.7 Å². The van der Waals surface area contributed by atoms with E-state index in [0.29, 0.717) is 24.2 Å². The molecule has 0 radical (unpaired) electrons. The number of β-amino-alcohol motifs (C(OH)–C–C–N with tert-alkyl or cyclic N) is 1. The molecule has 1 aromatic carbocycles. The van der Waals surface area contributed by atoms with E-state index in [9.17, 15) is 18.3 Å². The number of hydrogen-bond donors (Lipinski definition) is 1. The van der Waals surface area contributed by atoms with E-state index in [0.717, 1.165) is 12.1 Å². The van der Waals surface area contributed by atoms with E-state index in [1.165, 1.54) is 6.07 Å². The number of aliphatic hydroxyl groups excluding tert-OH is 1. The summed E-state index contributed by atoms with van der Waals surface area (Å²) in [7, 11) is 0. The first-order valence-electron chi connectivity index (χ1n) is 5.91. The van der Waals surface area contributed by atoms with Crippen molar-refractivity contribution in [1.82, 2.24) is 4.90 Å². The molecule has 100 valence electrons. The van der Waals surface area contributed by atoms with Crippen molar-refractivity contribution in [2.45, 2.75) is 38.7 Å². The van der Waals surface area contributed by atoms with Gasteiger partial charge in [0.15, 0.2) is 0 Å². The highest BCUT2D eigenvalue weighted by atomic mass is 19.4. The summed E-state index contributed by atoms with van der Waals surface area (Å²) in [5.41, 5.74) is 0.524. The maximum atomic E-state index is 12.6. The monoisotopic (exact) mass is 259 g/mol. The van der Waals surface area contributed by atoms with Gasteiger partial charge in [-0.05, 0) is 37.1 Å². The summed E-state index contributed by atoms with van der Waals surface area (Å²) in [5.74, 6) is 0. The van der Waals surface area contributed by atoms with Crippen molar-refractivity contribution < 1.29 is 18.3 Å². The second kappa shape index (κ2) is 4.55. The zero-order valence-electron chi connectivity index (χ0n) is 10.3. The smallest absolute Gasteiger partial charge is 0.387 e. The predicted molar refractivity (Wildman–Crippen MR) is 61.9 cm³/mol. The highest BCUT2D eigenvalue weighted by Crippen LogP contribution is 2.34. The molecule has 0 bridgehead atoms. The van der Waals surface area contributed by atoms with Gasteiger partial charge in [0.1, 0.15) is 0 Å². The van der Waals surface area contributed by atoms with Gasteiger partial charge < -0.3 is 5.11 Å². The van der Waals surface area contributed by atoms with Crippen molar-refractivity contribution >= 4 is 0 Å². The van der Waals surface area contributed by atoms with Crippen LogP contribution >= 0.6 is 0 Å². The van der Waals surface area contributed by atoms with Crippen LogP contribution in [0.4, 0.5) is 13.2 Å². The first kappa shape index (κ1) is 13.4. The van der Waals surface area contributed by atoms with Crippen LogP contribution in [0.25, 0.3) is 0 Å². The second-order valence-corrected chi connectivity index (χ2v) is 4.95. The molecule has 0 saturated heterocycles. The average Bonchev–Trinajstić information content (AvgIpc) is 2.26. The fraction of sp³-hybridized carbons (Fsp3) is 0.538. The molecule has 5 heteroatoms. The highest BCUT2D eigenvalue weighted by Gasteiger charge is 2.33. The van der Waals surface area contributed by atoms with Crippen LogP contribution in [-0.2, 0) is 12.7 Å². The highest BCUT2D eigenvalue weighted by molar-refractivity contribution is 5.36. The maximum absolute atomic E-state index is 12.6. The number of halogens is 3. The van der Waals surface area contributed by atoms with Crippen LogP contribution in [0.3, 0.4) is 0 Å². The average molecular weight is 259 g/mol. The van der Waals surface area contributed by atoms with Gasteiger partial charge in [-0.25, -0.2) is 0 Å². The normalized spacial score (nSPS) is 21.2. The molecule has 1 atom stereocenters. The van der Waals surface area contributed by atoms with Gasteiger partial charge in [0, 0.05) is 19.1 Å². The third-order valence-electron chi connectivity index (χ3n) is 3.34. The molecule has 0 aliphatic carbocycles. The Balaban J connectivity index is 2.37. The lowest BCUT2D eigenvalue weighted by Crippen LogP contribution is -2.38. The maximum Gasteiger partial charge on any atom is 0.416 e. The van der Waals surface area contributed by atoms with Crippen molar-refractivity contribution in [2.24, 2.45) is 0 Å². The van der Waals surface area contributed by atoms with Crippen LogP contribution in [0.1, 0.15) is 36.6 Å². The molecule has 1 aliphatic heterocycles. The van der Waals surface area contributed by atoms with Gasteiger partial charge in [0.2, 0.25) is 0 Å². The van der Waals surface area contributed by atoms with E-state index in [2.05, 4.69) is 0 Å². The summed E-state index contributed by atoms with van der Waals surface area (Å²) in [6, 6.07) is 3.77. The fourth-order valence-corrected chi connectivity index (χ4v) is 2.24. The van der Waals surface area contributed by atoms with Gasteiger partial charge >= 0.3 is 6.18 Å². The van der Waals surface area contributed by atoms with Crippen molar-refractivity contribution in [3.8, 4) is 0 Å². The lowest BCUT2D eigenvalue weighted by Gasteiger charge is -2.35. The van der Waals surface area contributed by atoms with Gasteiger partial charge in [-0.3, -0.25) is 4.90 Å². The third-order valence-corrected chi connectivity index (χ3v) is 3.34. The van der Waals surface area contributed by atoms with E-state index in [4.69, 9.17) is 0 Å². The Morgan fingerprint density at radius 1 is 1.33 bits per heavy atom. The topological polar surface area (TPSA) is 23.5 Å². The summed E-state index contributed by atoms with van der Waals surface area (Å²) < 4.78 is 37.9. The van der Waals surface area contributed by atoms with E-state index < -0.39 is 17.8 Å². The summed E-state index contributed by atoms with van der Waals surface area (Å²) in [4.78, 5) is 1.97. The summed E-state index contributed by atoms with van der Waals surface area (Å²) in [5, 5.41) is 9.95. The molecule has 1 N–H and O–H groups in total. The molecule has 1 aromatic rings.